The van der Waals surface area contributed by atoms with Crippen LogP contribution in [0, 0.1) is 0 Å². The standard InChI is InChI=1S/C26H26N4O4S/c1-3-33-23-15-11-20(12-16-23)30-24(17-34-22-7-5-4-6-8-22)28-29-26(30)35-18-25(31)27-19-9-13-21(32-2)14-10-19/h4-16H,3,17-18H2,1-2H3,(H,27,31). The first kappa shape index (κ1) is 24.2. The molecule has 0 bridgehead atoms. The van der Waals surface area contributed by atoms with E-state index in [9.17, 15) is 4.79 Å². The van der Waals surface area contributed by atoms with Crippen LogP contribution in [0.4, 0.5) is 5.69 Å². The zero-order valence-electron chi connectivity index (χ0n) is 19.5. The molecule has 0 saturated heterocycles. The molecule has 1 aromatic heterocycles. The summed E-state index contributed by atoms with van der Waals surface area (Å²) in [6.45, 7) is 2.76. The second-order valence-electron chi connectivity index (χ2n) is 7.33. The smallest absolute Gasteiger partial charge is 0.234 e. The minimum atomic E-state index is -0.150. The summed E-state index contributed by atoms with van der Waals surface area (Å²) in [5, 5.41) is 12.1. The minimum Gasteiger partial charge on any atom is -0.497 e. The lowest BCUT2D eigenvalue weighted by molar-refractivity contribution is -0.113. The molecular weight excluding hydrogens is 464 g/mol. The number of methoxy groups -OCH3 is 1. The molecule has 1 N–H and O–H groups in total. The number of benzene rings is 3. The summed E-state index contributed by atoms with van der Waals surface area (Å²) in [6.07, 6.45) is 0. The summed E-state index contributed by atoms with van der Waals surface area (Å²) >= 11 is 1.30. The van der Waals surface area contributed by atoms with Gasteiger partial charge in [-0.15, -0.1) is 10.2 Å². The fraction of sp³-hybridized carbons (Fsp3) is 0.192. The molecule has 4 rings (SSSR count). The van der Waals surface area contributed by atoms with E-state index in [0.29, 0.717) is 23.3 Å². The maximum absolute atomic E-state index is 12.6. The summed E-state index contributed by atoms with van der Waals surface area (Å²) in [6, 6.07) is 24.4. The van der Waals surface area contributed by atoms with Crippen molar-refractivity contribution < 1.29 is 19.0 Å². The number of carbonyl (C=O) groups is 1. The predicted octanol–water partition coefficient (Wildman–Crippen LogP) is 4.98. The van der Waals surface area contributed by atoms with Crippen LogP contribution in [-0.4, -0.2) is 40.1 Å². The average Bonchev–Trinajstić information content (AvgIpc) is 3.31. The van der Waals surface area contributed by atoms with E-state index in [1.54, 1.807) is 31.4 Å². The number of thioether (sulfide) groups is 1. The van der Waals surface area contributed by atoms with Crippen LogP contribution in [0.25, 0.3) is 5.69 Å². The third kappa shape index (κ3) is 6.54. The number of carbonyl (C=O) groups excluding carboxylic acids is 1. The van der Waals surface area contributed by atoms with E-state index in [-0.39, 0.29) is 18.3 Å². The Bertz CT molecular complexity index is 1230. The molecule has 0 spiro atoms. The van der Waals surface area contributed by atoms with Crippen LogP contribution < -0.4 is 19.5 Å². The molecule has 0 radical (unpaired) electrons. The molecule has 0 aliphatic rings. The Morgan fingerprint density at radius 2 is 1.57 bits per heavy atom. The predicted molar refractivity (Wildman–Crippen MR) is 136 cm³/mol. The van der Waals surface area contributed by atoms with Crippen LogP contribution in [0.15, 0.2) is 84.0 Å². The van der Waals surface area contributed by atoms with Gasteiger partial charge in [0.2, 0.25) is 5.91 Å². The molecule has 9 heteroatoms. The van der Waals surface area contributed by atoms with Gasteiger partial charge in [0, 0.05) is 11.4 Å². The van der Waals surface area contributed by atoms with Gasteiger partial charge in [-0.25, -0.2) is 0 Å². The van der Waals surface area contributed by atoms with Gasteiger partial charge in [0.25, 0.3) is 0 Å². The molecule has 0 atom stereocenters. The Labute approximate surface area is 208 Å². The van der Waals surface area contributed by atoms with E-state index >= 15 is 0 Å². The Hall–Kier alpha value is -3.98. The summed E-state index contributed by atoms with van der Waals surface area (Å²) < 4.78 is 18.5. The number of nitrogens with zero attached hydrogens (tertiary/aromatic N) is 3. The highest BCUT2D eigenvalue weighted by atomic mass is 32.2. The highest BCUT2D eigenvalue weighted by Crippen LogP contribution is 2.25. The SMILES string of the molecule is CCOc1ccc(-n2c(COc3ccccc3)nnc2SCC(=O)Nc2ccc(OC)cc2)cc1. The van der Waals surface area contributed by atoms with E-state index in [1.165, 1.54) is 11.8 Å². The van der Waals surface area contributed by atoms with Gasteiger partial charge < -0.3 is 19.5 Å². The number of ether oxygens (including phenoxy) is 3. The lowest BCUT2D eigenvalue weighted by Gasteiger charge is -2.12. The van der Waals surface area contributed by atoms with Crippen molar-refractivity contribution in [3.63, 3.8) is 0 Å². The van der Waals surface area contributed by atoms with Crippen LogP contribution in [0.3, 0.4) is 0 Å². The van der Waals surface area contributed by atoms with Crippen LogP contribution >= 0.6 is 11.8 Å². The minimum absolute atomic E-state index is 0.150. The lowest BCUT2D eigenvalue weighted by Crippen LogP contribution is -2.14. The van der Waals surface area contributed by atoms with Crippen LogP contribution in [-0.2, 0) is 11.4 Å². The van der Waals surface area contributed by atoms with Gasteiger partial charge >= 0.3 is 0 Å². The molecule has 180 valence electrons. The summed E-state index contributed by atoms with van der Waals surface area (Å²) in [4.78, 5) is 12.6. The number of amides is 1. The van der Waals surface area contributed by atoms with Gasteiger partial charge in [-0.05, 0) is 67.6 Å². The molecule has 0 fully saturated rings. The Morgan fingerprint density at radius 1 is 0.886 bits per heavy atom. The molecule has 8 nitrogen and oxygen atoms in total. The van der Waals surface area contributed by atoms with Crippen molar-refractivity contribution in [2.75, 3.05) is 24.8 Å². The van der Waals surface area contributed by atoms with Crippen molar-refractivity contribution >= 4 is 23.4 Å². The fourth-order valence-electron chi connectivity index (χ4n) is 3.27. The highest BCUT2D eigenvalue weighted by Gasteiger charge is 2.17. The summed E-state index contributed by atoms with van der Waals surface area (Å²) in [5.41, 5.74) is 1.55. The Morgan fingerprint density at radius 3 is 2.26 bits per heavy atom. The van der Waals surface area contributed by atoms with Crippen molar-refractivity contribution in [2.45, 2.75) is 18.7 Å². The van der Waals surface area contributed by atoms with Crippen LogP contribution in [0.1, 0.15) is 12.7 Å². The molecule has 35 heavy (non-hydrogen) atoms. The largest absolute Gasteiger partial charge is 0.497 e. The zero-order valence-corrected chi connectivity index (χ0v) is 20.3. The topological polar surface area (TPSA) is 87.5 Å². The monoisotopic (exact) mass is 490 g/mol. The van der Waals surface area contributed by atoms with Gasteiger partial charge in [0.1, 0.15) is 23.9 Å². The number of hydrogen-bond acceptors (Lipinski definition) is 7. The van der Waals surface area contributed by atoms with Gasteiger partial charge in [-0.1, -0.05) is 30.0 Å². The molecular formula is C26H26N4O4S. The maximum Gasteiger partial charge on any atom is 0.234 e. The first-order chi connectivity index (χ1) is 17.2. The maximum atomic E-state index is 12.6. The van der Waals surface area contributed by atoms with E-state index < -0.39 is 0 Å². The number of aromatic nitrogens is 3. The molecule has 0 aliphatic heterocycles. The molecule has 1 heterocycles. The number of para-hydroxylation sites is 1. The molecule has 0 saturated carbocycles. The van der Waals surface area contributed by atoms with E-state index in [1.807, 2.05) is 66.1 Å². The zero-order chi connectivity index (χ0) is 24.5. The van der Waals surface area contributed by atoms with Crippen molar-refractivity contribution in [1.82, 2.24) is 14.8 Å². The van der Waals surface area contributed by atoms with Crippen LogP contribution in [0.5, 0.6) is 17.2 Å². The number of anilines is 1. The molecule has 3 aromatic carbocycles. The Balaban J connectivity index is 1.49. The van der Waals surface area contributed by atoms with Gasteiger partial charge in [-0.3, -0.25) is 9.36 Å². The third-order valence-electron chi connectivity index (χ3n) is 4.92. The second-order valence-corrected chi connectivity index (χ2v) is 8.27. The normalized spacial score (nSPS) is 10.6. The van der Waals surface area contributed by atoms with Crippen molar-refractivity contribution in [3.8, 4) is 22.9 Å². The summed E-state index contributed by atoms with van der Waals surface area (Å²) in [7, 11) is 1.60. The molecule has 1 amide bonds. The number of nitrogens with one attached hydrogen (secondary N) is 1. The quantitative estimate of drug-likeness (QED) is 0.297. The molecule has 4 aromatic rings. The first-order valence-corrected chi connectivity index (χ1v) is 12.1. The fourth-order valence-corrected chi connectivity index (χ4v) is 4.04. The summed E-state index contributed by atoms with van der Waals surface area (Å²) in [5.74, 6) is 2.88. The van der Waals surface area contributed by atoms with Crippen LogP contribution in [0.2, 0.25) is 0 Å². The number of rotatable bonds is 11. The third-order valence-corrected chi connectivity index (χ3v) is 5.85. The van der Waals surface area contributed by atoms with Gasteiger partial charge in [0.15, 0.2) is 11.0 Å². The second kappa shape index (κ2) is 11.9. The van der Waals surface area contributed by atoms with Crippen molar-refractivity contribution in [2.24, 2.45) is 0 Å². The Kier molecular flexibility index (Phi) is 8.24. The highest BCUT2D eigenvalue weighted by molar-refractivity contribution is 7.99. The number of hydrogen-bond donors (Lipinski definition) is 1. The first-order valence-electron chi connectivity index (χ1n) is 11.1. The van der Waals surface area contributed by atoms with E-state index in [2.05, 4.69) is 15.5 Å². The average molecular weight is 491 g/mol. The van der Waals surface area contributed by atoms with Crippen molar-refractivity contribution in [3.05, 3.63) is 84.7 Å². The van der Waals surface area contributed by atoms with Crippen molar-refractivity contribution in [1.29, 1.82) is 0 Å². The lowest BCUT2D eigenvalue weighted by atomic mass is 10.3. The van der Waals surface area contributed by atoms with E-state index in [4.69, 9.17) is 14.2 Å². The van der Waals surface area contributed by atoms with Gasteiger partial charge in [-0.2, -0.15) is 0 Å². The van der Waals surface area contributed by atoms with Gasteiger partial charge in [0.05, 0.1) is 19.5 Å². The molecule has 0 aliphatic carbocycles. The molecule has 0 unspecified atom stereocenters. The van der Waals surface area contributed by atoms with E-state index in [0.717, 1.165) is 22.9 Å².